The van der Waals surface area contributed by atoms with E-state index in [1.54, 1.807) is 11.0 Å². The predicted octanol–water partition coefficient (Wildman–Crippen LogP) is 2.95. The van der Waals surface area contributed by atoms with Gasteiger partial charge in [0.25, 0.3) is 5.91 Å². The maximum atomic E-state index is 12.8. The molecule has 156 valence electrons. The molecule has 3 rings (SSSR count). The van der Waals surface area contributed by atoms with Crippen LogP contribution in [0, 0.1) is 13.8 Å². The third-order valence-electron chi connectivity index (χ3n) is 5.35. The Hall–Kier alpha value is -2.38. The Labute approximate surface area is 173 Å². The standard InChI is InChI=1S/C22H29N3O3S/c1-16-5-10-21(17(2)15-16)29(27,28)23-19-11-13-25(14-12-19)22(26)18-6-8-20(9-7-18)24(3)4/h5-10,15,19,23H,11-14H2,1-4H3. The zero-order valence-electron chi connectivity index (χ0n) is 17.5. The molecule has 1 heterocycles. The number of carbonyl (C=O) groups is 1. The van der Waals surface area contributed by atoms with Crippen LogP contribution in [0.4, 0.5) is 5.69 Å². The monoisotopic (exact) mass is 415 g/mol. The number of nitrogens with one attached hydrogen (secondary N) is 1. The number of piperidine rings is 1. The van der Waals surface area contributed by atoms with Gasteiger partial charge in [-0.05, 0) is 62.6 Å². The van der Waals surface area contributed by atoms with E-state index in [2.05, 4.69) is 4.72 Å². The number of sulfonamides is 1. The molecule has 0 spiro atoms. The fraction of sp³-hybridized carbons (Fsp3) is 0.409. The number of hydrogen-bond acceptors (Lipinski definition) is 4. The lowest BCUT2D eigenvalue weighted by molar-refractivity contribution is 0.0711. The molecule has 1 fully saturated rings. The molecule has 1 aliphatic rings. The Morgan fingerprint density at radius 1 is 1.03 bits per heavy atom. The molecule has 1 N–H and O–H groups in total. The molecule has 0 atom stereocenters. The number of aryl methyl sites for hydroxylation is 2. The van der Waals surface area contributed by atoms with E-state index in [1.165, 1.54) is 0 Å². The van der Waals surface area contributed by atoms with Gasteiger partial charge in [0, 0.05) is 44.5 Å². The van der Waals surface area contributed by atoms with Crippen LogP contribution in [-0.2, 0) is 10.0 Å². The second kappa shape index (κ2) is 8.55. The van der Waals surface area contributed by atoms with Crippen LogP contribution in [0.2, 0.25) is 0 Å². The molecule has 0 aromatic heterocycles. The molecule has 1 saturated heterocycles. The number of likely N-dealkylation sites (tertiary alicyclic amines) is 1. The van der Waals surface area contributed by atoms with Crippen molar-refractivity contribution in [1.82, 2.24) is 9.62 Å². The number of anilines is 1. The normalized spacial score (nSPS) is 15.4. The van der Waals surface area contributed by atoms with Crippen LogP contribution in [0.3, 0.4) is 0 Å². The molecular formula is C22H29N3O3S. The summed E-state index contributed by atoms with van der Waals surface area (Å²) >= 11 is 0. The van der Waals surface area contributed by atoms with E-state index in [-0.39, 0.29) is 11.9 Å². The van der Waals surface area contributed by atoms with Gasteiger partial charge in [0.15, 0.2) is 0 Å². The summed E-state index contributed by atoms with van der Waals surface area (Å²) < 4.78 is 28.3. The van der Waals surface area contributed by atoms with Gasteiger partial charge in [0.2, 0.25) is 10.0 Å². The van der Waals surface area contributed by atoms with Gasteiger partial charge in [-0.15, -0.1) is 0 Å². The third-order valence-corrected chi connectivity index (χ3v) is 7.04. The minimum atomic E-state index is -3.57. The second-order valence-electron chi connectivity index (χ2n) is 7.90. The van der Waals surface area contributed by atoms with Gasteiger partial charge in [0.1, 0.15) is 0 Å². The van der Waals surface area contributed by atoms with Crippen LogP contribution < -0.4 is 9.62 Å². The van der Waals surface area contributed by atoms with Crippen molar-refractivity contribution in [2.75, 3.05) is 32.1 Å². The first kappa shape index (κ1) is 21.3. The van der Waals surface area contributed by atoms with E-state index in [0.29, 0.717) is 36.4 Å². The van der Waals surface area contributed by atoms with E-state index >= 15 is 0 Å². The fourth-order valence-corrected chi connectivity index (χ4v) is 5.20. The van der Waals surface area contributed by atoms with E-state index in [0.717, 1.165) is 16.8 Å². The van der Waals surface area contributed by atoms with E-state index in [1.807, 2.05) is 69.2 Å². The van der Waals surface area contributed by atoms with Gasteiger partial charge in [0.05, 0.1) is 4.90 Å². The van der Waals surface area contributed by atoms with Crippen molar-refractivity contribution in [1.29, 1.82) is 0 Å². The summed E-state index contributed by atoms with van der Waals surface area (Å²) in [6.45, 7) is 4.82. The molecule has 2 aromatic carbocycles. The first-order valence-electron chi connectivity index (χ1n) is 9.83. The van der Waals surface area contributed by atoms with Crippen molar-refractivity contribution < 1.29 is 13.2 Å². The SMILES string of the molecule is Cc1ccc(S(=O)(=O)NC2CCN(C(=O)c3ccc(N(C)C)cc3)CC2)c(C)c1. The van der Waals surface area contributed by atoms with Gasteiger partial charge in [-0.3, -0.25) is 4.79 Å². The van der Waals surface area contributed by atoms with Crippen molar-refractivity contribution in [3.05, 3.63) is 59.2 Å². The zero-order chi connectivity index (χ0) is 21.2. The minimum Gasteiger partial charge on any atom is -0.378 e. The highest BCUT2D eigenvalue weighted by Gasteiger charge is 2.27. The van der Waals surface area contributed by atoms with E-state index < -0.39 is 10.0 Å². The lowest BCUT2D eigenvalue weighted by atomic mass is 10.0. The highest BCUT2D eigenvalue weighted by Crippen LogP contribution is 2.20. The molecule has 1 amide bonds. The smallest absolute Gasteiger partial charge is 0.253 e. The van der Waals surface area contributed by atoms with E-state index in [9.17, 15) is 13.2 Å². The van der Waals surface area contributed by atoms with Crippen molar-refractivity contribution in [2.24, 2.45) is 0 Å². The Morgan fingerprint density at radius 3 is 2.21 bits per heavy atom. The maximum Gasteiger partial charge on any atom is 0.253 e. The van der Waals surface area contributed by atoms with Gasteiger partial charge in [-0.25, -0.2) is 13.1 Å². The fourth-order valence-electron chi connectivity index (χ4n) is 3.67. The number of benzene rings is 2. The number of carbonyl (C=O) groups excluding carboxylic acids is 1. The second-order valence-corrected chi connectivity index (χ2v) is 9.58. The molecule has 0 unspecified atom stereocenters. The molecule has 6 nitrogen and oxygen atoms in total. The lowest BCUT2D eigenvalue weighted by Gasteiger charge is -2.32. The summed E-state index contributed by atoms with van der Waals surface area (Å²) in [5, 5.41) is 0. The van der Waals surface area contributed by atoms with Gasteiger partial charge >= 0.3 is 0 Å². The van der Waals surface area contributed by atoms with Crippen LogP contribution in [0.1, 0.15) is 34.3 Å². The van der Waals surface area contributed by atoms with Crippen LogP contribution in [0.15, 0.2) is 47.4 Å². The highest BCUT2D eigenvalue weighted by atomic mass is 32.2. The van der Waals surface area contributed by atoms with Gasteiger partial charge < -0.3 is 9.80 Å². The van der Waals surface area contributed by atoms with Crippen LogP contribution in [-0.4, -0.2) is 52.5 Å². The third kappa shape index (κ3) is 4.97. The summed E-state index contributed by atoms with van der Waals surface area (Å²) in [5.74, 6) is -0.00834. The summed E-state index contributed by atoms with van der Waals surface area (Å²) in [7, 11) is 0.350. The van der Waals surface area contributed by atoms with Crippen molar-refractivity contribution >= 4 is 21.6 Å². The molecule has 2 aromatic rings. The quantitative estimate of drug-likeness (QED) is 0.815. The first-order valence-corrected chi connectivity index (χ1v) is 11.3. The predicted molar refractivity (Wildman–Crippen MR) is 116 cm³/mol. The Bertz CT molecular complexity index is 977. The first-order chi connectivity index (χ1) is 13.7. The van der Waals surface area contributed by atoms with Crippen LogP contribution >= 0.6 is 0 Å². The number of nitrogens with zero attached hydrogens (tertiary/aromatic N) is 2. The Balaban J connectivity index is 1.60. The number of rotatable bonds is 5. The Kier molecular flexibility index (Phi) is 6.29. The minimum absolute atomic E-state index is 0.00834. The maximum absolute atomic E-state index is 12.8. The summed E-state index contributed by atoms with van der Waals surface area (Å²) in [5.41, 5.74) is 3.48. The molecule has 0 aliphatic carbocycles. The molecule has 0 bridgehead atoms. The molecule has 0 radical (unpaired) electrons. The van der Waals surface area contributed by atoms with Crippen molar-refractivity contribution in [3.8, 4) is 0 Å². The summed E-state index contributed by atoms with van der Waals surface area (Å²) in [6.07, 6.45) is 1.21. The lowest BCUT2D eigenvalue weighted by Crippen LogP contribution is -2.46. The molecular weight excluding hydrogens is 386 g/mol. The van der Waals surface area contributed by atoms with E-state index in [4.69, 9.17) is 0 Å². The average molecular weight is 416 g/mol. The average Bonchev–Trinajstić information content (AvgIpc) is 2.67. The number of amides is 1. The topological polar surface area (TPSA) is 69.7 Å². The molecule has 29 heavy (non-hydrogen) atoms. The summed E-state index contributed by atoms with van der Waals surface area (Å²) in [4.78, 5) is 16.9. The number of hydrogen-bond donors (Lipinski definition) is 1. The van der Waals surface area contributed by atoms with Gasteiger partial charge in [-0.1, -0.05) is 17.7 Å². The Morgan fingerprint density at radius 2 is 1.66 bits per heavy atom. The summed E-state index contributed by atoms with van der Waals surface area (Å²) in [6, 6.07) is 12.7. The van der Waals surface area contributed by atoms with Crippen molar-refractivity contribution in [2.45, 2.75) is 37.6 Å². The van der Waals surface area contributed by atoms with Gasteiger partial charge in [-0.2, -0.15) is 0 Å². The molecule has 1 aliphatic heterocycles. The molecule has 0 saturated carbocycles. The highest BCUT2D eigenvalue weighted by molar-refractivity contribution is 7.89. The van der Waals surface area contributed by atoms with Crippen molar-refractivity contribution in [3.63, 3.8) is 0 Å². The van der Waals surface area contributed by atoms with Crippen LogP contribution in [0.5, 0.6) is 0 Å². The zero-order valence-corrected chi connectivity index (χ0v) is 18.3. The molecule has 7 heteroatoms. The van der Waals surface area contributed by atoms with Crippen LogP contribution in [0.25, 0.3) is 0 Å². The largest absolute Gasteiger partial charge is 0.378 e.